The summed E-state index contributed by atoms with van der Waals surface area (Å²) in [6, 6.07) is 0.452. The lowest BCUT2D eigenvalue weighted by Crippen LogP contribution is -2.53. The van der Waals surface area contributed by atoms with Crippen molar-refractivity contribution in [3.63, 3.8) is 0 Å². The van der Waals surface area contributed by atoms with Crippen molar-refractivity contribution in [1.82, 2.24) is 9.80 Å². The second kappa shape index (κ2) is 5.15. The summed E-state index contributed by atoms with van der Waals surface area (Å²) in [4.78, 5) is 15.5. The van der Waals surface area contributed by atoms with Crippen LogP contribution >= 0.6 is 0 Å². The second-order valence-electron chi connectivity index (χ2n) is 5.02. The molecule has 2 aliphatic rings. The van der Waals surface area contributed by atoms with E-state index in [1.165, 1.54) is 25.7 Å². The molecule has 1 aliphatic heterocycles. The molecule has 1 aliphatic carbocycles. The van der Waals surface area contributed by atoms with Gasteiger partial charge >= 0.3 is 5.97 Å². The Morgan fingerprint density at radius 3 is 2.25 bits per heavy atom. The van der Waals surface area contributed by atoms with Gasteiger partial charge in [-0.05, 0) is 19.8 Å². The number of hydrogen-bond donors (Lipinski definition) is 1. The number of carboxylic acid groups (broad SMARTS) is 1. The highest BCUT2D eigenvalue weighted by molar-refractivity contribution is 5.72. The highest BCUT2D eigenvalue weighted by Gasteiger charge is 2.29. The molecule has 1 N–H and O–H groups in total. The molecule has 0 aromatic heterocycles. The van der Waals surface area contributed by atoms with Gasteiger partial charge in [0.2, 0.25) is 0 Å². The molecule has 1 saturated carbocycles. The summed E-state index contributed by atoms with van der Waals surface area (Å²) in [7, 11) is 0. The fraction of sp³-hybridized carbons (Fsp3) is 0.917. The van der Waals surface area contributed by atoms with Crippen molar-refractivity contribution in [2.45, 2.75) is 44.7 Å². The van der Waals surface area contributed by atoms with Gasteiger partial charge in [-0.15, -0.1) is 0 Å². The molecule has 0 spiro atoms. The molecule has 4 nitrogen and oxygen atoms in total. The zero-order valence-corrected chi connectivity index (χ0v) is 10.1. The molecule has 0 amide bonds. The van der Waals surface area contributed by atoms with Gasteiger partial charge in [0.1, 0.15) is 6.04 Å². The van der Waals surface area contributed by atoms with Crippen molar-refractivity contribution in [3.05, 3.63) is 0 Å². The lowest BCUT2D eigenvalue weighted by molar-refractivity contribution is -0.143. The Hall–Kier alpha value is -0.610. The standard InChI is InChI=1S/C12H22N2O2/c1-10(12(15)16)13-6-8-14(9-7-13)11-4-2-3-5-11/h10-11H,2-9H2,1H3,(H,15,16). The predicted octanol–water partition coefficient (Wildman–Crippen LogP) is 1.02. The Labute approximate surface area is 97.2 Å². The van der Waals surface area contributed by atoms with Gasteiger partial charge in [-0.1, -0.05) is 12.8 Å². The third kappa shape index (κ3) is 2.55. The molecule has 0 aromatic carbocycles. The van der Waals surface area contributed by atoms with Crippen LogP contribution in [0.15, 0.2) is 0 Å². The van der Waals surface area contributed by atoms with E-state index in [2.05, 4.69) is 9.80 Å². The van der Waals surface area contributed by atoms with Crippen LogP contribution in [0.25, 0.3) is 0 Å². The maximum Gasteiger partial charge on any atom is 0.320 e. The minimum Gasteiger partial charge on any atom is -0.480 e. The van der Waals surface area contributed by atoms with E-state index in [1.807, 2.05) is 0 Å². The topological polar surface area (TPSA) is 43.8 Å². The minimum absolute atomic E-state index is 0.328. The van der Waals surface area contributed by atoms with E-state index in [-0.39, 0.29) is 6.04 Å². The second-order valence-corrected chi connectivity index (χ2v) is 5.02. The SMILES string of the molecule is CC(C(=O)O)N1CCN(C2CCCC2)CC1. The number of rotatable bonds is 3. The number of hydrogen-bond acceptors (Lipinski definition) is 3. The molecule has 16 heavy (non-hydrogen) atoms. The number of nitrogens with zero attached hydrogens (tertiary/aromatic N) is 2. The third-order valence-corrected chi connectivity index (χ3v) is 4.10. The Morgan fingerprint density at radius 2 is 1.75 bits per heavy atom. The zero-order valence-electron chi connectivity index (χ0n) is 10.1. The van der Waals surface area contributed by atoms with Crippen molar-refractivity contribution in [1.29, 1.82) is 0 Å². The van der Waals surface area contributed by atoms with Gasteiger partial charge in [-0.3, -0.25) is 14.6 Å². The first-order valence-corrected chi connectivity index (χ1v) is 6.39. The molecule has 0 radical (unpaired) electrons. The summed E-state index contributed by atoms with van der Waals surface area (Å²) in [5.74, 6) is -0.700. The number of aliphatic carboxylic acids is 1. The largest absolute Gasteiger partial charge is 0.480 e. The van der Waals surface area contributed by atoms with Crippen LogP contribution in [0.3, 0.4) is 0 Å². The molecular formula is C12H22N2O2. The summed E-state index contributed by atoms with van der Waals surface area (Å²) in [5.41, 5.74) is 0. The molecule has 1 saturated heterocycles. The maximum atomic E-state index is 10.9. The van der Waals surface area contributed by atoms with Crippen LogP contribution in [0.2, 0.25) is 0 Å². The molecular weight excluding hydrogens is 204 g/mol. The molecule has 92 valence electrons. The smallest absolute Gasteiger partial charge is 0.320 e. The molecule has 2 fully saturated rings. The first-order chi connectivity index (χ1) is 7.68. The number of carboxylic acids is 1. The fourth-order valence-electron chi connectivity index (χ4n) is 2.92. The van der Waals surface area contributed by atoms with Gasteiger partial charge in [0.25, 0.3) is 0 Å². The summed E-state index contributed by atoms with van der Waals surface area (Å²) < 4.78 is 0. The zero-order chi connectivity index (χ0) is 11.5. The van der Waals surface area contributed by atoms with Gasteiger partial charge < -0.3 is 5.11 Å². The lowest BCUT2D eigenvalue weighted by atomic mass is 10.1. The number of carbonyl (C=O) groups is 1. The van der Waals surface area contributed by atoms with E-state index >= 15 is 0 Å². The van der Waals surface area contributed by atoms with E-state index in [0.29, 0.717) is 0 Å². The van der Waals surface area contributed by atoms with Crippen molar-refractivity contribution < 1.29 is 9.90 Å². The summed E-state index contributed by atoms with van der Waals surface area (Å²) >= 11 is 0. The van der Waals surface area contributed by atoms with Gasteiger partial charge in [0.15, 0.2) is 0 Å². The first-order valence-electron chi connectivity index (χ1n) is 6.39. The highest BCUT2D eigenvalue weighted by Crippen LogP contribution is 2.24. The maximum absolute atomic E-state index is 10.9. The van der Waals surface area contributed by atoms with Crippen LogP contribution in [-0.2, 0) is 4.79 Å². The lowest BCUT2D eigenvalue weighted by Gasteiger charge is -2.39. The molecule has 4 heteroatoms. The quantitative estimate of drug-likeness (QED) is 0.780. The van der Waals surface area contributed by atoms with Gasteiger partial charge in [0, 0.05) is 32.2 Å². The van der Waals surface area contributed by atoms with Crippen molar-refractivity contribution in [3.8, 4) is 0 Å². The molecule has 0 bridgehead atoms. The molecule has 1 heterocycles. The summed E-state index contributed by atoms with van der Waals surface area (Å²) in [6.45, 7) is 5.69. The average Bonchev–Trinajstić information content (AvgIpc) is 2.81. The van der Waals surface area contributed by atoms with E-state index < -0.39 is 5.97 Å². The Kier molecular flexibility index (Phi) is 3.82. The van der Waals surface area contributed by atoms with Gasteiger partial charge in [0.05, 0.1) is 0 Å². The molecule has 2 rings (SSSR count). The monoisotopic (exact) mass is 226 g/mol. The summed E-state index contributed by atoms with van der Waals surface area (Å²) in [5, 5.41) is 8.96. The normalized spacial score (nSPS) is 27.1. The van der Waals surface area contributed by atoms with E-state index in [4.69, 9.17) is 5.11 Å². The van der Waals surface area contributed by atoms with Gasteiger partial charge in [-0.2, -0.15) is 0 Å². The highest BCUT2D eigenvalue weighted by atomic mass is 16.4. The first kappa shape index (κ1) is 11.9. The summed E-state index contributed by atoms with van der Waals surface area (Å²) in [6.07, 6.45) is 5.43. The Bertz CT molecular complexity index is 243. The van der Waals surface area contributed by atoms with Gasteiger partial charge in [-0.25, -0.2) is 0 Å². The van der Waals surface area contributed by atoms with Crippen LogP contribution < -0.4 is 0 Å². The van der Waals surface area contributed by atoms with Crippen LogP contribution in [0.1, 0.15) is 32.6 Å². The van der Waals surface area contributed by atoms with Crippen molar-refractivity contribution in [2.75, 3.05) is 26.2 Å². The minimum atomic E-state index is -0.700. The van der Waals surface area contributed by atoms with Crippen LogP contribution in [0, 0.1) is 0 Å². The van der Waals surface area contributed by atoms with Crippen molar-refractivity contribution >= 4 is 5.97 Å². The third-order valence-electron chi connectivity index (χ3n) is 4.10. The number of piperazine rings is 1. The molecule has 1 unspecified atom stereocenters. The van der Waals surface area contributed by atoms with E-state index in [1.54, 1.807) is 6.92 Å². The molecule has 1 atom stereocenters. The Morgan fingerprint density at radius 1 is 1.19 bits per heavy atom. The van der Waals surface area contributed by atoms with Crippen LogP contribution in [-0.4, -0.2) is 59.1 Å². The predicted molar refractivity (Wildman–Crippen MR) is 62.5 cm³/mol. The van der Waals surface area contributed by atoms with Crippen LogP contribution in [0.4, 0.5) is 0 Å². The average molecular weight is 226 g/mol. The van der Waals surface area contributed by atoms with Crippen molar-refractivity contribution in [2.24, 2.45) is 0 Å². The fourth-order valence-corrected chi connectivity index (χ4v) is 2.92. The van der Waals surface area contributed by atoms with E-state index in [9.17, 15) is 4.79 Å². The Balaban J connectivity index is 1.79. The molecule has 0 aromatic rings. The van der Waals surface area contributed by atoms with Crippen LogP contribution in [0.5, 0.6) is 0 Å². The van der Waals surface area contributed by atoms with E-state index in [0.717, 1.165) is 32.2 Å².